The van der Waals surface area contributed by atoms with E-state index in [1.165, 1.54) is 167 Å². The zero-order valence-corrected chi connectivity index (χ0v) is 23.9. The van der Waals surface area contributed by atoms with Crippen molar-refractivity contribution in [3.8, 4) is 0 Å². The number of hydrogen-bond donors (Lipinski definition) is 0. The van der Waals surface area contributed by atoms with Crippen molar-refractivity contribution >= 4 is 0 Å². The highest BCUT2D eigenvalue weighted by Gasteiger charge is 2.16. The summed E-state index contributed by atoms with van der Waals surface area (Å²) in [4.78, 5) is 0. The van der Waals surface area contributed by atoms with E-state index < -0.39 is 0 Å². The van der Waals surface area contributed by atoms with E-state index in [0.29, 0.717) is 12.2 Å². The maximum Gasteiger partial charge on any atom is 0.0578 e. The Morgan fingerprint density at radius 2 is 0.545 bits per heavy atom. The largest absolute Gasteiger partial charge is 0.375 e. The summed E-state index contributed by atoms with van der Waals surface area (Å²) in [6.45, 7) is 9.26. The van der Waals surface area contributed by atoms with E-state index in [1.54, 1.807) is 0 Å². The highest BCUT2D eigenvalue weighted by Crippen LogP contribution is 2.22. The topological polar surface area (TPSA) is 9.23 Å². The third-order valence-electron chi connectivity index (χ3n) is 7.40. The molecule has 0 N–H and O–H groups in total. The Hall–Kier alpha value is -0.0400. The Morgan fingerprint density at radius 1 is 0.303 bits per heavy atom. The summed E-state index contributed by atoms with van der Waals surface area (Å²) in [7, 11) is 0. The average molecular weight is 467 g/mol. The predicted octanol–water partition coefficient (Wildman–Crippen LogP) is 12.0. The van der Waals surface area contributed by atoms with Crippen LogP contribution in [0.2, 0.25) is 0 Å². The Labute approximate surface area is 211 Å². The first kappa shape index (κ1) is 33.0. The summed E-state index contributed by atoms with van der Waals surface area (Å²) < 4.78 is 6.80. The first-order valence-electron chi connectivity index (χ1n) is 15.9. The maximum atomic E-state index is 6.80. The fraction of sp³-hybridized carbons (Fsp3) is 1.00. The lowest BCUT2D eigenvalue weighted by Gasteiger charge is -2.25. The summed E-state index contributed by atoms with van der Waals surface area (Å²) in [6.07, 6.45) is 37.1. The lowest BCUT2D eigenvalue weighted by Crippen LogP contribution is -2.23. The van der Waals surface area contributed by atoms with Crippen LogP contribution in [0.3, 0.4) is 0 Å². The summed E-state index contributed by atoms with van der Waals surface area (Å²) in [5.41, 5.74) is 0. The maximum absolute atomic E-state index is 6.80. The third kappa shape index (κ3) is 24.9. The van der Waals surface area contributed by atoms with Crippen molar-refractivity contribution in [2.75, 3.05) is 0 Å². The van der Waals surface area contributed by atoms with E-state index in [-0.39, 0.29) is 0 Å². The van der Waals surface area contributed by atoms with Gasteiger partial charge in [-0.05, 0) is 25.7 Å². The molecule has 0 radical (unpaired) electrons. The predicted molar refractivity (Wildman–Crippen MR) is 151 cm³/mol. The Kier molecular flexibility index (Phi) is 28.2. The minimum absolute atomic E-state index is 0.523. The molecule has 1 heteroatoms. The second-order valence-corrected chi connectivity index (χ2v) is 10.9. The van der Waals surface area contributed by atoms with Crippen molar-refractivity contribution < 1.29 is 4.74 Å². The van der Waals surface area contributed by atoms with Crippen LogP contribution < -0.4 is 0 Å². The molecule has 0 aromatic rings. The number of hydrogen-bond acceptors (Lipinski definition) is 1. The van der Waals surface area contributed by atoms with E-state index in [4.69, 9.17) is 4.74 Å². The van der Waals surface area contributed by atoms with Crippen LogP contribution in [0.15, 0.2) is 0 Å². The minimum Gasteiger partial charge on any atom is -0.375 e. The lowest BCUT2D eigenvalue weighted by atomic mass is 10.0. The summed E-state index contributed by atoms with van der Waals surface area (Å²) in [5, 5.41) is 0. The zero-order chi connectivity index (χ0) is 24.2. The van der Waals surface area contributed by atoms with Crippen LogP contribution in [-0.4, -0.2) is 12.2 Å². The molecule has 2 atom stereocenters. The van der Waals surface area contributed by atoms with Gasteiger partial charge in [0.15, 0.2) is 0 Å². The minimum atomic E-state index is 0.523. The van der Waals surface area contributed by atoms with Crippen LogP contribution in [0, 0.1) is 0 Å². The van der Waals surface area contributed by atoms with Crippen molar-refractivity contribution in [3.05, 3.63) is 0 Å². The SMILES string of the molecule is CCCCCCCCCCCC(CCCC)OC(CCCC)CCCCCCCCCCC. The van der Waals surface area contributed by atoms with Crippen molar-refractivity contribution in [1.82, 2.24) is 0 Å². The highest BCUT2D eigenvalue weighted by atomic mass is 16.5. The molecule has 0 aliphatic rings. The van der Waals surface area contributed by atoms with Crippen LogP contribution in [0.1, 0.15) is 195 Å². The quantitative estimate of drug-likeness (QED) is 0.104. The van der Waals surface area contributed by atoms with Gasteiger partial charge in [-0.1, -0.05) is 169 Å². The van der Waals surface area contributed by atoms with Crippen LogP contribution in [0.25, 0.3) is 0 Å². The van der Waals surface area contributed by atoms with Gasteiger partial charge in [-0.3, -0.25) is 0 Å². The molecule has 0 fully saturated rings. The lowest BCUT2D eigenvalue weighted by molar-refractivity contribution is -0.0321. The summed E-state index contributed by atoms with van der Waals surface area (Å²) in [6, 6.07) is 0. The monoisotopic (exact) mass is 467 g/mol. The molecule has 0 spiro atoms. The molecule has 0 aromatic heterocycles. The summed E-state index contributed by atoms with van der Waals surface area (Å²) >= 11 is 0. The third-order valence-corrected chi connectivity index (χ3v) is 7.40. The molecular formula is C32H66O. The summed E-state index contributed by atoms with van der Waals surface area (Å²) in [5.74, 6) is 0. The second kappa shape index (κ2) is 28.2. The number of rotatable bonds is 28. The molecule has 0 heterocycles. The van der Waals surface area contributed by atoms with E-state index in [9.17, 15) is 0 Å². The molecule has 0 rings (SSSR count). The fourth-order valence-corrected chi connectivity index (χ4v) is 5.06. The van der Waals surface area contributed by atoms with E-state index in [2.05, 4.69) is 27.7 Å². The van der Waals surface area contributed by atoms with Gasteiger partial charge < -0.3 is 4.74 Å². The van der Waals surface area contributed by atoms with Gasteiger partial charge in [-0.2, -0.15) is 0 Å². The molecule has 0 aliphatic carbocycles. The van der Waals surface area contributed by atoms with Gasteiger partial charge in [0.05, 0.1) is 12.2 Å². The average Bonchev–Trinajstić information content (AvgIpc) is 2.83. The van der Waals surface area contributed by atoms with Gasteiger partial charge in [0.25, 0.3) is 0 Å². The Morgan fingerprint density at radius 3 is 0.848 bits per heavy atom. The molecule has 0 bridgehead atoms. The van der Waals surface area contributed by atoms with Crippen molar-refractivity contribution in [3.63, 3.8) is 0 Å². The standard InChI is InChI=1S/C32H66O/c1-5-9-13-15-17-19-21-23-25-29-31(27-11-7-3)33-32(28-12-8-4)30-26-24-22-20-18-16-14-10-6-2/h31-32H,5-30H2,1-4H3. The van der Waals surface area contributed by atoms with Crippen LogP contribution in [0.5, 0.6) is 0 Å². The normalized spacial score (nSPS) is 13.5. The Balaban J connectivity index is 4.10. The molecule has 0 saturated heterocycles. The van der Waals surface area contributed by atoms with Crippen molar-refractivity contribution in [1.29, 1.82) is 0 Å². The van der Waals surface area contributed by atoms with Crippen molar-refractivity contribution in [2.45, 2.75) is 207 Å². The molecule has 33 heavy (non-hydrogen) atoms. The molecule has 2 unspecified atom stereocenters. The molecule has 0 saturated carbocycles. The fourth-order valence-electron chi connectivity index (χ4n) is 5.06. The van der Waals surface area contributed by atoms with Gasteiger partial charge >= 0.3 is 0 Å². The highest BCUT2D eigenvalue weighted by molar-refractivity contribution is 4.66. The zero-order valence-electron chi connectivity index (χ0n) is 23.9. The second-order valence-electron chi connectivity index (χ2n) is 10.9. The number of unbranched alkanes of at least 4 members (excludes halogenated alkanes) is 18. The molecule has 1 nitrogen and oxygen atoms in total. The van der Waals surface area contributed by atoms with Crippen LogP contribution in [0.4, 0.5) is 0 Å². The molecule has 0 aliphatic heterocycles. The van der Waals surface area contributed by atoms with E-state index >= 15 is 0 Å². The molecule has 0 amide bonds. The van der Waals surface area contributed by atoms with Crippen molar-refractivity contribution in [2.24, 2.45) is 0 Å². The first-order chi connectivity index (χ1) is 16.3. The van der Waals surface area contributed by atoms with Gasteiger partial charge in [-0.25, -0.2) is 0 Å². The van der Waals surface area contributed by atoms with Gasteiger partial charge in [0, 0.05) is 0 Å². The molecule has 200 valence electrons. The van der Waals surface area contributed by atoms with E-state index in [1.807, 2.05) is 0 Å². The molecule has 0 aromatic carbocycles. The Bertz CT molecular complexity index is 307. The first-order valence-corrected chi connectivity index (χ1v) is 15.9. The van der Waals surface area contributed by atoms with Gasteiger partial charge in [0.2, 0.25) is 0 Å². The van der Waals surface area contributed by atoms with E-state index in [0.717, 1.165) is 0 Å². The van der Waals surface area contributed by atoms with Gasteiger partial charge in [0.1, 0.15) is 0 Å². The van der Waals surface area contributed by atoms with Gasteiger partial charge in [-0.15, -0.1) is 0 Å². The van der Waals surface area contributed by atoms with Crippen LogP contribution >= 0.6 is 0 Å². The van der Waals surface area contributed by atoms with Crippen LogP contribution in [-0.2, 0) is 4.74 Å². The smallest absolute Gasteiger partial charge is 0.0578 e. The number of ether oxygens (including phenoxy) is 1. The molecular weight excluding hydrogens is 400 g/mol.